The molecule has 0 amide bonds. The fourth-order valence-corrected chi connectivity index (χ4v) is 1.14. The van der Waals surface area contributed by atoms with Crippen LogP contribution in [0.3, 0.4) is 0 Å². The molecule has 1 N–H and O–H groups in total. The molecule has 11 nitrogen and oxygen atoms in total. The van der Waals surface area contributed by atoms with Gasteiger partial charge in [-0.2, -0.15) is 0 Å². The van der Waals surface area contributed by atoms with E-state index in [1.165, 1.54) is 0 Å². The maximum absolute atomic E-state index is 9.24. The second-order valence-corrected chi connectivity index (χ2v) is 5.23. The summed E-state index contributed by atoms with van der Waals surface area (Å²) in [6.45, 7) is 2.40. The normalized spacial score (nSPS) is 10.0. The molecule has 19 heteroatoms. The Labute approximate surface area is 225 Å². The average Bonchev–Trinajstić information content (AvgIpc) is 2.15. The first-order valence-electron chi connectivity index (χ1n) is 4.21. The molecule has 0 spiro atoms. The molecule has 0 bridgehead atoms. The Morgan fingerprint density at radius 2 is 0.957 bits per heavy atom. The van der Waals surface area contributed by atoms with Crippen LogP contribution in [-0.4, -0.2) is 11.7 Å². The third-order valence-corrected chi connectivity index (χ3v) is 2.91. The monoisotopic (exact) mass is 450 g/mol. The van der Waals surface area contributed by atoms with Gasteiger partial charge in [-0.3, -0.25) is 0 Å². The van der Waals surface area contributed by atoms with E-state index >= 15 is 0 Å². The third-order valence-electron chi connectivity index (χ3n) is 0.778. The van der Waals surface area contributed by atoms with Gasteiger partial charge in [0, 0.05) is 6.61 Å². The van der Waals surface area contributed by atoms with E-state index in [0.29, 0.717) is 6.61 Å². The summed E-state index contributed by atoms with van der Waals surface area (Å²) >= 11 is 0. The summed E-state index contributed by atoms with van der Waals surface area (Å²) in [6, 6.07) is 0. The van der Waals surface area contributed by atoms with Crippen molar-refractivity contribution in [2.24, 2.45) is 0 Å². The number of aliphatic hydroxyl groups is 1. The van der Waals surface area contributed by atoms with Crippen LogP contribution in [0.4, 0.5) is 0 Å². The fraction of sp³-hybridized carbons (Fsp3) is 1.00. The first-order valence-corrected chi connectivity index (χ1v) is 8.60. The number of unbranched alkanes of at least 4 members (excludes halogenated alkanes) is 1. The standard InChI is InChI=1S/C4H10O.4Na.2O5P2/c1-2-3-4-5;;;;;2*1-6(2)5-7(3)4/h5H,2-4H2,1H3;;;;;;/q;4*+1;;. The Hall–Kier alpha value is 4.12. The zero-order chi connectivity index (χ0) is 15.8. The molecule has 0 heterocycles. The van der Waals surface area contributed by atoms with Gasteiger partial charge in [0.15, 0.2) is 0 Å². The van der Waals surface area contributed by atoms with E-state index in [1.807, 2.05) is 0 Å². The second-order valence-electron chi connectivity index (χ2n) is 2.13. The molecule has 0 radical (unpaired) electrons. The van der Waals surface area contributed by atoms with Crippen LogP contribution in [0.1, 0.15) is 19.8 Å². The minimum atomic E-state index is -3.24. The van der Waals surface area contributed by atoms with Crippen molar-refractivity contribution in [2.75, 3.05) is 6.61 Å². The molecule has 0 saturated carbocycles. The van der Waals surface area contributed by atoms with E-state index in [9.17, 15) is 37.8 Å². The number of rotatable bonds is 6. The quantitative estimate of drug-likeness (QED) is 0.298. The molecule has 0 aliphatic rings. The van der Waals surface area contributed by atoms with Gasteiger partial charge < -0.3 is 24.7 Å². The Bertz CT molecular complexity index is 256. The summed E-state index contributed by atoms with van der Waals surface area (Å²) in [5.74, 6) is 0. The van der Waals surface area contributed by atoms with Crippen molar-refractivity contribution in [2.45, 2.75) is 19.8 Å². The predicted molar refractivity (Wildman–Crippen MR) is 54.6 cm³/mol. The molecule has 23 heavy (non-hydrogen) atoms. The topological polar surface area (TPSA) is 199 Å². The molecule has 0 aliphatic carbocycles. The molecule has 0 saturated heterocycles. The Balaban J connectivity index is -0.0000000311. The van der Waals surface area contributed by atoms with Crippen molar-refractivity contribution in [3.8, 4) is 0 Å². The fourth-order valence-electron chi connectivity index (χ4n) is 0.267. The van der Waals surface area contributed by atoms with Crippen LogP contribution in [0.25, 0.3) is 0 Å². The van der Waals surface area contributed by atoms with E-state index < -0.39 is 33.0 Å². The summed E-state index contributed by atoms with van der Waals surface area (Å²) in [4.78, 5) is 37.0. The van der Waals surface area contributed by atoms with Crippen molar-refractivity contribution in [3.05, 3.63) is 0 Å². The van der Waals surface area contributed by atoms with Crippen LogP contribution < -0.4 is 138 Å². The SMILES string of the molecule is CCCCO.O=[P+]([O-])O[P+](=O)[O-].O=[P+]([O-])O[P+](=O)[O-].[Na+].[Na+].[Na+].[Na+]. The van der Waals surface area contributed by atoms with E-state index in [1.54, 1.807) is 0 Å². The van der Waals surface area contributed by atoms with E-state index in [0.717, 1.165) is 12.8 Å². The van der Waals surface area contributed by atoms with Gasteiger partial charge in [-0.1, -0.05) is 13.3 Å². The molecule has 0 aromatic rings. The molecule has 0 rings (SSSR count). The summed E-state index contributed by atoms with van der Waals surface area (Å²) in [6.07, 6.45) is 2.04. The van der Waals surface area contributed by atoms with Gasteiger partial charge >= 0.3 is 151 Å². The largest absolute Gasteiger partial charge is 1.00 e. The number of hydrogen-bond acceptors (Lipinski definition) is 11. The summed E-state index contributed by atoms with van der Waals surface area (Å²) in [7, 11) is -12.9. The maximum atomic E-state index is 9.24. The first kappa shape index (κ1) is 45.7. The van der Waals surface area contributed by atoms with Gasteiger partial charge in [0.2, 0.25) is 0 Å². The van der Waals surface area contributed by atoms with Gasteiger partial charge in [0.05, 0.1) is 0 Å². The Kier molecular flexibility index (Phi) is 73.4. The van der Waals surface area contributed by atoms with Crippen molar-refractivity contribution in [3.63, 3.8) is 0 Å². The maximum Gasteiger partial charge on any atom is 1.00 e. The predicted octanol–water partition coefficient (Wildman–Crippen LogP) is -13.1. The van der Waals surface area contributed by atoms with Crippen LogP contribution >= 0.6 is 33.0 Å². The van der Waals surface area contributed by atoms with E-state index in [2.05, 4.69) is 15.5 Å². The summed E-state index contributed by atoms with van der Waals surface area (Å²) < 4.78 is 43.3. The molecule has 0 fully saturated rings. The van der Waals surface area contributed by atoms with Gasteiger partial charge in [0.25, 0.3) is 0 Å². The van der Waals surface area contributed by atoms with Crippen LogP contribution in [0.5, 0.6) is 0 Å². The molecule has 112 valence electrons. The van der Waals surface area contributed by atoms with Gasteiger partial charge in [0.1, 0.15) is 8.62 Å². The molecule has 4 unspecified atom stereocenters. The zero-order valence-corrected chi connectivity index (χ0v) is 25.0. The van der Waals surface area contributed by atoms with Crippen molar-refractivity contribution < 1.29 is 170 Å². The van der Waals surface area contributed by atoms with Crippen LogP contribution in [0.15, 0.2) is 0 Å². The van der Waals surface area contributed by atoms with Crippen LogP contribution in [-0.2, 0) is 26.9 Å². The minimum Gasteiger partial charge on any atom is -0.563 e. The number of aliphatic hydroxyl groups excluding tert-OH is 1. The first-order chi connectivity index (χ1) is 8.67. The molecule has 0 aliphatic heterocycles. The molecule has 0 aromatic carbocycles. The van der Waals surface area contributed by atoms with Gasteiger partial charge in [-0.05, 0) is 24.7 Å². The molecular weight excluding hydrogens is 440 g/mol. The zero-order valence-electron chi connectivity index (χ0n) is 13.4. The summed E-state index contributed by atoms with van der Waals surface area (Å²) in [5.41, 5.74) is 0. The van der Waals surface area contributed by atoms with Gasteiger partial charge in [-0.25, -0.2) is 0 Å². The van der Waals surface area contributed by atoms with E-state index in [-0.39, 0.29) is 118 Å². The third kappa shape index (κ3) is 76.2. The van der Waals surface area contributed by atoms with Crippen LogP contribution in [0, 0.1) is 0 Å². The molecule has 4 atom stereocenters. The molecular formula is C4H10Na4O11P4+4. The average molecular weight is 450 g/mol. The summed E-state index contributed by atoms with van der Waals surface area (Å²) in [5, 5.41) is 8.07. The smallest absolute Gasteiger partial charge is 0.563 e. The second kappa shape index (κ2) is 37.0. The van der Waals surface area contributed by atoms with Gasteiger partial charge in [-0.15, -0.1) is 0 Å². The Morgan fingerprint density at radius 3 is 0.957 bits per heavy atom. The Morgan fingerprint density at radius 1 is 0.739 bits per heavy atom. The van der Waals surface area contributed by atoms with Crippen molar-refractivity contribution in [1.29, 1.82) is 0 Å². The molecule has 0 aromatic heterocycles. The van der Waals surface area contributed by atoms with Crippen molar-refractivity contribution in [1.82, 2.24) is 0 Å². The van der Waals surface area contributed by atoms with Crippen LogP contribution in [0.2, 0.25) is 0 Å². The minimum absolute atomic E-state index is 0. The van der Waals surface area contributed by atoms with E-state index in [4.69, 9.17) is 5.11 Å². The van der Waals surface area contributed by atoms with Crippen molar-refractivity contribution >= 4 is 33.0 Å². The number of hydrogen-bond donors (Lipinski definition) is 1.